The van der Waals surface area contributed by atoms with Gasteiger partial charge in [0.05, 0.1) is 37.9 Å². The Morgan fingerprint density at radius 1 is 0.893 bits per heavy atom. The second-order valence-electron chi connectivity index (χ2n) is 6.14. The minimum atomic E-state index is 0.0533. The van der Waals surface area contributed by atoms with Crippen molar-refractivity contribution in [3.8, 4) is 17.2 Å². The SMILES string of the molecule is COc1ccc(Nc2cnnc(Nc3ccccc3OC(C)C)n2)c(OC)c1. The Bertz CT molecular complexity index is 933. The maximum atomic E-state index is 5.81. The van der Waals surface area contributed by atoms with Crippen LogP contribution in [0.15, 0.2) is 48.7 Å². The van der Waals surface area contributed by atoms with Crippen molar-refractivity contribution in [1.82, 2.24) is 15.2 Å². The molecule has 0 radical (unpaired) electrons. The largest absolute Gasteiger partial charge is 0.497 e. The zero-order valence-electron chi connectivity index (χ0n) is 16.3. The monoisotopic (exact) mass is 381 g/mol. The Balaban J connectivity index is 1.80. The molecule has 28 heavy (non-hydrogen) atoms. The first-order chi connectivity index (χ1) is 13.6. The number of anilines is 4. The molecule has 1 heterocycles. The minimum absolute atomic E-state index is 0.0533. The van der Waals surface area contributed by atoms with Crippen LogP contribution >= 0.6 is 0 Å². The average molecular weight is 381 g/mol. The number of hydrogen-bond donors (Lipinski definition) is 2. The van der Waals surface area contributed by atoms with Crippen LogP contribution in [0, 0.1) is 0 Å². The van der Waals surface area contributed by atoms with Crippen LogP contribution in [0.25, 0.3) is 0 Å². The molecule has 2 aromatic carbocycles. The van der Waals surface area contributed by atoms with Gasteiger partial charge in [-0.15, -0.1) is 5.10 Å². The highest BCUT2D eigenvalue weighted by atomic mass is 16.5. The highest BCUT2D eigenvalue weighted by Gasteiger charge is 2.10. The molecule has 8 nitrogen and oxygen atoms in total. The van der Waals surface area contributed by atoms with Crippen molar-refractivity contribution in [1.29, 1.82) is 0 Å². The third-order valence-electron chi connectivity index (χ3n) is 3.73. The van der Waals surface area contributed by atoms with Gasteiger partial charge in [-0.05, 0) is 38.1 Å². The van der Waals surface area contributed by atoms with Crippen molar-refractivity contribution in [2.45, 2.75) is 20.0 Å². The normalized spacial score (nSPS) is 10.5. The molecule has 0 atom stereocenters. The lowest BCUT2D eigenvalue weighted by atomic mass is 10.2. The third kappa shape index (κ3) is 4.79. The van der Waals surface area contributed by atoms with Gasteiger partial charge in [0.1, 0.15) is 17.2 Å². The van der Waals surface area contributed by atoms with Crippen molar-refractivity contribution < 1.29 is 14.2 Å². The molecular formula is C20H23N5O3. The van der Waals surface area contributed by atoms with E-state index >= 15 is 0 Å². The number of hydrogen-bond acceptors (Lipinski definition) is 8. The Morgan fingerprint density at radius 3 is 2.43 bits per heavy atom. The average Bonchev–Trinajstić information content (AvgIpc) is 2.70. The molecule has 146 valence electrons. The second kappa shape index (κ2) is 8.90. The lowest BCUT2D eigenvalue weighted by Crippen LogP contribution is -2.08. The van der Waals surface area contributed by atoms with Crippen molar-refractivity contribution >= 4 is 23.1 Å². The molecule has 3 rings (SSSR count). The Morgan fingerprint density at radius 2 is 1.68 bits per heavy atom. The van der Waals surface area contributed by atoms with Crippen molar-refractivity contribution in [3.63, 3.8) is 0 Å². The van der Waals surface area contributed by atoms with Crippen LogP contribution in [0.2, 0.25) is 0 Å². The molecule has 8 heteroatoms. The van der Waals surface area contributed by atoms with Crippen molar-refractivity contribution in [2.75, 3.05) is 24.9 Å². The zero-order valence-corrected chi connectivity index (χ0v) is 16.3. The van der Waals surface area contributed by atoms with Gasteiger partial charge in [-0.3, -0.25) is 0 Å². The fourth-order valence-electron chi connectivity index (χ4n) is 2.50. The first kappa shape index (κ1) is 19.2. The third-order valence-corrected chi connectivity index (χ3v) is 3.73. The summed E-state index contributed by atoms with van der Waals surface area (Å²) in [6.07, 6.45) is 1.59. The van der Waals surface area contributed by atoms with Gasteiger partial charge in [0.2, 0.25) is 5.95 Å². The molecule has 1 aromatic heterocycles. The number of para-hydroxylation sites is 2. The van der Waals surface area contributed by atoms with Gasteiger partial charge >= 0.3 is 0 Å². The number of rotatable bonds is 8. The van der Waals surface area contributed by atoms with Crippen molar-refractivity contribution in [2.24, 2.45) is 0 Å². The fourth-order valence-corrected chi connectivity index (χ4v) is 2.50. The lowest BCUT2D eigenvalue weighted by Gasteiger charge is -2.15. The summed E-state index contributed by atoms with van der Waals surface area (Å²) in [7, 11) is 3.20. The van der Waals surface area contributed by atoms with Gasteiger partial charge in [0, 0.05) is 6.07 Å². The van der Waals surface area contributed by atoms with E-state index in [0.717, 1.165) is 17.1 Å². The first-order valence-corrected chi connectivity index (χ1v) is 8.80. The van der Waals surface area contributed by atoms with Gasteiger partial charge in [-0.1, -0.05) is 12.1 Å². The molecule has 3 aromatic rings. The number of aromatic nitrogens is 3. The van der Waals surface area contributed by atoms with Gasteiger partial charge in [-0.2, -0.15) is 10.1 Å². The molecule has 2 N–H and O–H groups in total. The van der Waals surface area contributed by atoms with Crippen LogP contribution in [-0.2, 0) is 0 Å². The first-order valence-electron chi connectivity index (χ1n) is 8.80. The molecular weight excluding hydrogens is 358 g/mol. The summed E-state index contributed by atoms with van der Waals surface area (Å²) in [6, 6.07) is 13.1. The molecule has 0 amide bonds. The Kier molecular flexibility index (Phi) is 6.11. The Hall–Kier alpha value is -3.55. The minimum Gasteiger partial charge on any atom is -0.497 e. The van der Waals surface area contributed by atoms with E-state index in [1.54, 1.807) is 20.3 Å². The van der Waals surface area contributed by atoms with Crippen LogP contribution in [-0.4, -0.2) is 35.5 Å². The Labute approximate surface area is 163 Å². The molecule has 0 spiro atoms. The van der Waals surface area contributed by atoms with Crippen LogP contribution in [0.3, 0.4) is 0 Å². The highest BCUT2D eigenvalue weighted by Crippen LogP contribution is 2.31. The topological polar surface area (TPSA) is 90.4 Å². The quantitative estimate of drug-likeness (QED) is 0.601. The van der Waals surface area contributed by atoms with Gasteiger partial charge in [0.25, 0.3) is 0 Å². The summed E-state index contributed by atoms with van der Waals surface area (Å²) in [6.45, 7) is 3.95. The van der Waals surface area contributed by atoms with E-state index in [-0.39, 0.29) is 6.10 Å². The molecule has 0 saturated carbocycles. The molecule has 0 aliphatic heterocycles. The smallest absolute Gasteiger partial charge is 0.249 e. The van der Waals surface area contributed by atoms with Gasteiger partial charge in [0.15, 0.2) is 5.82 Å². The summed E-state index contributed by atoms with van der Waals surface area (Å²) in [4.78, 5) is 4.46. The summed E-state index contributed by atoms with van der Waals surface area (Å²) >= 11 is 0. The van der Waals surface area contributed by atoms with Crippen LogP contribution < -0.4 is 24.8 Å². The number of nitrogens with one attached hydrogen (secondary N) is 2. The van der Waals surface area contributed by atoms with Crippen LogP contribution in [0.4, 0.5) is 23.1 Å². The molecule has 0 aliphatic rings. The number of ether oxygens (including phenoxy) is 3. The fraction of sp³-hybridized carbons (Fsp3) is 0.250. The molecule has 0 unspecified atom stereocenters. The van der Waals surface area contributed by atoms with E-state index in [2.05, 4.69) is 25.8 Å². The summed E-state index contributed by atoms with van der Waals surface area (Å²) < 4.78 is 16.4. The number of methoxy groups -OCH3 is 2. The highest BCUT2D eigenvalue weighted by molar-refractivity contribution is 5.67. The van der Waals surface area contributed by atoms with E-state index < -0.39 is 0 Å². The summed E-state index contributed by atoms with van der Waals surface area (Å²) in [5.74, 6) is 2.91. The summed E-state index contributed by atoms with van der Waals surface area (Å²) in [5, 5.41) is 14.4. The maximum absolute atomic E-state index is 5.81. The molecule has 0 saturated heterocycles. The van der Waals surface area contributed by atoms with Crippen LogP contribution in [0.1, 0.15) is 13.8 Å². The summed E-state index contributed by atoms with van der Waals surface area (Å²) in [5.41, 5.74) is 1.50. The predicted molar refractivity (Wildman–Crippen MR) is 108 cm³/mol. The molecule has 0 fully saturated rings. The van der Waals surface area contributed by atoms with E-state index in [1.807, 2.05) is 50.2 Å². The van der Waals surface area contributed by atoms with Gasteiger partial charge < -0.3 is 24.8 Å². The van der Waals surface area contributed by atoms with E-state index in [9.17, 15) is 0 Å². The number of nitrogens with zero attached hydrogens (tertiary/aromatic N) is 3. The van der Waals surface area contributed by atoms with Gasteiger partial charge in [-0.25, -0.2) is 0 Å². The van der Waals surface area contributed by atoms with Crippen molar-refractivity contribution in [3.05, 3.63) is 48.7 Å². The van der Waals surface area contributed by atoms with E-state index in [4.69, 9.17) is 14.2 Å². The second-order valence-corrected chi connectivity index (χ2v) is 6.14. The van der Waals surface area contributed by atoms with Crippen LogP contribution in [0.5, 0.6) is 17.2 Å². The maximum Gasteiger partial charge on any atom is 0.249 e. The predicted octanol–water partition coefficient (Wildman–Crippen LogP) is 4.16. The number of benzene rings is 2. The lowest BCUT2D eigenvalue weighted by molar-refractivity contribution is 0.244. The standard InChI is InChI=1S/C20H23N5O3/c1-13(2)28-17-8-6-5-7-15(17)23-20-24-19(12-21-25-20)22-16-10-9-14(26-3)11-18(16)27-4/h5-13H,1-4H3,(H2,22,23,24,25). The zero-order chi connectivity index (χ0) is 19.9. The molecule has 0 bridgehead atoms. The van der Waals surface area contributed by atoms with E-state index in [0.29, 0.717) is 23.3 Å². The molecule has 0 aliphatic carbocycles. The van der Waals surface area contributed by atoms with E-state index in [1.165, 1.54) is 6.20 Å².